The van der Waals surface area contributed by atoms with Gasteiger partial charge in [0, 0.05) is 31.0 Å². The maximum absolute atomic E-state index is 6.14. The summed E-state index contributed by atoms with van der Waals surface area (Å²) in [5, 5.41) is 1.08. The van der Waals surface area contributed by atoms with Crippen molar-refractivity contribution in [1.29, 1.82) is 0 Å². The van der Waals surface area contributed by atoms with Gasteiger partial charge in [-0.3, -0.25) is 0 Å². The van der Waals surface area contributed by atoms with Crippen LogP contribution in [0.15, 0.2) is 71.3 Å². The molecule has 142 valence electrons. The van der Waals surface area contributed by atoms with E-state index in [0.717, 1.165) is 46.7 Å². The zero-order valence-electron chi connectivity index (χ0n) is 16.5. The number of rotatable bonds is 4. The lowest BCUT2D eigenvalue weighted by atomic mass is 10.1. The van der Waals surface area contributed by atoms with Crippen LogP contribution in [-0.2, 0) is 13.1 Å². The molecule has 28 heavy (non-hydrogen) atoms. The lowest BCUT2D eigenvalue weighted by molar-refractivity contribution is 0.884. The van der Waals surface area contributed by atoms with E-state index in [9.17, 15) is 0 Å². The summed E-state index contributed by atoms with van der Waals surface area (Å²) in [5.41, 5.74) is 13.7. The van der Waals surface area contributed by atoms with Gasteiger partial charge in [-0.1, -0.05) is 30.3 Å². The molecule has 3 heterocycles. The molecule has 1 aromatic carbocycles. The number of anilines is 1. The summed E-state index contributed by atoms with van der Waals surface area (Å²) in [4.78, 5) is 14.9. The number of aromatic nitrogens is 2. The first-order valence-corrected chi connectivity index (χ1v) is 9.51. The zero-order chi connectivity index (χ0) is 19.7. The van der Waals surface area contributed by atoms with Crippen molar-refractivity contribution in [3.8, 4) is 0 Å². The van der Waals surface area contributed by atoms with E-state index in [2.05, 4.69) is 50.2 Å². The maximum Gasteiger partial charge on any atom is 0.140 e. The number of hydrogen-bond donors (Lipinski definition) is 2. The molecule has 3 N–H and O–H groups in total. The summed E-state index contributed by atoms with van der Waals surface area (Å²) >= 11 is 0. The Morgan fingerprint density at radius 3 is 2.54 bits per heavy atom. The first-order chi connectivity index (χ1) is 13.6. The van der Waals surface area contributed by atoms with E-state index in [0.29, 0.717) is 5.82 Å². The Morgan fingerprint density at radius 2 is 1.89 bits per heavy atom. The quantitative estimate of drug-likeness (QED) is 0.655. The van der Waals surface area contributed by atoms with Crippen LogP contribution in [0.5, 0.6) is 0 Å². The number of allylic oxidation sites excluding steroid dienone is 3. The lowest BCUT2D eigenvalue weighted by Crippen LogP contribution is -2.15. The molecule has 0 unspecified atom stereocenters. The third-order valence-corrected chi connectivity index (χ3v) is 5.09. The third kappa shape index (κ3) is 3.20. The predicted molar refractivity (Wildman–Crippen MR) is 116 cm³/mol. The minimum absolute atomic E-state index is 0.543. The molecule has 0 atom stereocenters. The fourth-order valence-corrected chi connectivity index (χ4v) is 3.60. The van der Waals surface area contributed by atoms with Crippen LogP contribution in [0, 0.1) is 0 Å². The average Bonchev–Trinajstić information content (AvgIpc) is 3.31. The summed E-state index contributed by atoms with van der Waals surface area (Å²) < 4.78 is 0. The molecule has 0 radical (unpaired) electrons. The topological polar surface area (TPSA) is 70.3 Å². The van der Waals surface area contributed by atoms with Crippen LogP contribution in [0.25, 0.3) is 11.0 Å². The van der Waals surface area contributed by atoms with Crippen molar-refractivity contribution < 1.29 is 0 Å². The summed E-state index contributed by atoms with van der Waals surface area (Å²) in [6.45, 7) is 7.71. The van der Waals surface area contributed by atoms with Crippen molar-refractivity contribution in [2.45, 2.75) is 33.9 Å². The van der Waals surface area contributed by atoms with Gasteiger partial charge in [-0.15, -0.1) is 0 Å². The van der Waals surface area contributed by atoms with E-state index in [1.807, 2.05) is 45.3 Å². The third-order valence-electron chi connectivity index (χ3n) is 5.09. The summed E-state index contributed by atoms with van der Waals surface area (Å²) in [6.07, 6.45) is 7.81. The SMILES string of the molecule is C/C=C\C(=N/C(N)=C(C)C)c1c[nH]c2nccc(N3Cc4ccccc4C3)c12. The Hall–Kier alpha value is -3.34. The van der Waals surface area contributed by atoms with E-state index < -0.39 is 0 Å². The fraction of sp³-hybridized carbons (Fsp3) is 0.217. The van der Waals surface area contributed by atoms with Gasteiger partial charge >= 0.3 is 0 Å². The molecule has 0 fully saturated rings. The van der Waals surface area contributed by atoms with Gasteiger partial charge in [0.05, 0.1) is 16.8 Å². The number of nitrogens with two attached hydrogens (primary N) is 1. The molecule has 2 aromatic heterocycles. The van der Waals surface area contributed by atoms with Crippen LogP contribution in [0.4, 0.5) is 5.69 Å². The van der Waals surface area contributed by atoms with Crippen LogP contribution < -0.4 is 10.6 Å². The molecule has 3 aromatic rings. The van der Waals surface area contributed by atoms with Crippen molar-refractivity contribution in [1.82, 2.24) is 9.97 Å². The standard InChI is InChI=1S/C23H25N5/c1-4-7-19(27-22(24)15(2)3)18-12-26-23-21(18)20(10-11-25-23)28-13-16-8-5-6-9-17(16)14-28/h4-12H,13-14,24H2,1-3H3,(H,25,26)/b7-4-,27-19+. The first kappa shape index (κ1) is 18.0. The van der Waals surface area contributed by atoms with Crippen LogP contribution in [0.3, 0.4) is 0 Å². The Labute approximate surface area is 165 Å². The smallest absolute Gasteiger partial charge is 0.140 e. The molecule has 1 aliphatic heterocycles. The number of hydrogen-bond acceptors (Lipinski definition) is 4. The molecular weight excluding hydrogens is 346 g/mol. The number of aliphatic imine (C=N–C) groups is 1. The van der Waals surface area contributed by atoms with Gasteiger partial charge < -0.3 is 15.6 Å². The van der Waals surface area contributed by atoms with E-state index in [4.69, 9.17) is 5.73 Å². The van der Waals surface area contributed by atoms with Crippen molar-refractivity contribution >= 4 is 22.4 Å². The number of nitrogens with zero attached hydrogens (tertiary/aromatic N) is 3. The molecule has 4 rings (SSSR count). The predicted octanol–water partition coefficient (Wildman–Crippen LogP) is 4.66. The number of aromatic amines is 1. The number of H-pyrrole nitrogens is 1. The second-order valence-corrected chi connectivity index (χ2v) is 7.26. The van der Waals surface area contributed by atoms with E-state index >= 15 is 0 Å². The highest BCUT2D eigenvalue weighted by Crippen LogP contribution is 2.34. The number of pyridine rings is 1. The minimum Gasteiger partial charge on any atom is -0.384 e. The Bertz CT molecular complexity index is 1090. The van der Waals surface area contributed by atoms with Crippen LogP contribution in [0.1, 0.15) is 37.5 Å². The maximum atomic E-state index is 6.14. The molecule has 0 aliphatic carbocycles. The molecule has 0 amide bonds. The number of fused-ring (bicyclic) bond motifs is 2. The molecule has 0 bridgehead atoms. The van der Waals surface area contributed by atoms with Gasteiger partial charge in [-0.25, -0.2) is 9.98 Å². The Morgan fingerprint density at radius 1 is 1.18 bits per heavy atom. The van der Waals surface area contributed by atoms with E-state index in [1.54, 1.807) is 0 Å². The number of benzene rings is 1. The highest BCUT2D eigenvalue weighted by Gasteiger charge is 2.23. The Kier molecular flexibility index (Phi) is 4.74. The van der Waals surface area contributed by atoms with Crippen molar-refractivity contribution in [3.05, 3.63) is 83.0 Å². The molecule has 5 heteroatoms. The van der Waals surface area contributed by atoms with E-state index in [1.165, 1.54) is 11.1 Å². The zero-order valence-corrected chi connectivity index (χ0v) is 16.5. The second-order valence-electron chi connectivity index (χ2n) is 7.26. The monoisotopic (exact) mass is 371 g/mol. The fourth-order valence-electron chi connectivity index (χ4n) is 3.60. The highest BCUT2D eigenvalue weighted by atomic mass is 15.1. The largest absolute Gasteiger partial charge is 0.384 e. The number of nitrogens with one attached hydrogen (secondary N) is 1. The van der Waals surface area contributed by atoms with E-state index in [-0.39, 0.29) is 0 Å². The normalized spacial score (nSPS) is 14.1. The lowest BCUT2D eigenvalue weighted by Gasteiger charge is -2.19. The molecular formula is C23H25N5. The van der Waals surface area contributed by atoms with Crippen molar-refractivity contribution in [2.75, 3.05) is 4.90 Å². The molecule has 5 nitrogen and oxygen atoms in total. The Balaban J connectivity index is 1.85. The molecule has 0 saturated heterocycles. The van der Waals surface area contributed by atoms with Gasteiger partial charge in [0.25, 0.3) is 0 Å². The summed E-state index contributed by atoms with van der Waals surface area (Å²) in [7, 11) is 0. The summed E-state index contributed by atoms with van der Waals surface area (Å²) in [5.74, 6) is 0.543. The average molecular weight is 371 g/mol. The minimum atomic E-state index is 0.543. The van der Waals surface area contributed by atoms with Gasteiger partial charge in [0.1, 0.15) is 11.5 Å². The first-order valence-electron chi connectivity index (χ1n) is 9.51. The van der Waals surface area contributed by atoms with Gasteiger partial charge in [0.2, 0.25) is 0 Å². The van der Waals surface area contributed by atoms with Crippen molar-refractivity contribution in [2.24, 2.45) is 10.7 Å². The van der Waals surface area contributed by atoms with Crippen molar-refractivity contribution in [3.63, 3.8) is 0 Å². The molecule has 1 aliphatic rings. The summed E-state index contributed by atoms with van der Waals surface area (Å²) in [6, 6.07) is 10.7. The highest BCUT2D eigenvalue weighted by molar-refractivity contribution is 6.18. The second kappa shape index (κ2) is 7.35. The van der Waals surface area contributed by atoms with Gasteiger partial charge in [0.15, 0.2) is 0 Å². The van der Waals surface area contributed by atoms with Crippen LogP contribution in [0.2, 0.25) is 0 Å². The van der Waals surface area contributed by atoms with Gasteiger partial charge in [-0.2, -0.15) is 0 Å². The molecule has 0 spiro atoms. The van der Waals surface area contributed by atoms with Crippen LogP contribution in [-0.4, -0.2) is 15.7 Å². The van der Waals surface area contributed by atoms with Crippen LogP contribution >= 0.6 is 0 Å². The molecule has 0 saturated carbocycles. The van der Waals surface area contributed by atoms with Gasteiger partial charge in [-0.05, 0) is 49.6 Å².